The molecule has 0 saturated carbocycles. The van der Waals surface area contributed by atoms with E-state index in [0.29, 0.717) is 27.8 Å². The summed E-state index contributed by atoms with van der Waals surface area (Å²) >= 11 is -1.36. The average molecular weight is 565 g/mol. The highest BCUT2D eigenvalue weighted by atomic mass is 32.2. The third kappa shape index (κ3) is 8.86. The van der Waals surface area contributed by atoms with Crippen molar-refractivity contribution in [3.05, 3.63) is 93.2 Å². The van der Waals surface area contributed by atoms with Gasteiger partial charge in [0.25, 0.3) is 15.8 Å². The predicted octanol–water partition coefficient (Wildman–Crippen LogP) is 2.99. The van der Waals surface area contributed by atoms with E-state index in [1.54, 1.807) is 19.3 Å². The van der Waals surface area contributed by atoms with Crippen LogP contribution in [-0.4, -0.2) is 28.1 Å². The van der Waals surface area contributed by atoms with Crippen molar-refractivity contribution >= 4 is 27.4 Å². The number of nitrogens with one attached hydrogen (secondary N) is 1. The van der Waals surface area contributed by atoms with Crippen LogP contribution in [0.1, 0.15) is 60.8 Å². The molecule has 0 spiro atoms. The van der Waals surface area contributed by atoms with E-state index in [2.05, 4.69) is 15.0 Å². The zero-order chi connectivity index (χ0) is 29.0. The van der Waals surface area contributed by atoms with Crippen LogP contribution in [0.2, 0.25) is 0 Å². The summed E-state index contributed by atoms with van der Waals surface area (Å²) in [5.41, 5.74) is 3.54. The number of nitrogens with two attached hydrogens (primary N) is 2. The Morgan fingerprint density at radius 3 is 2.16 bits per heavy atom. The molecule has 12 heteroatoms. The van der Waals surface area contributed by atoms with Gasteiger partial charge in [-0.05, 0) is 70.0 Å². The van der Waals surface area contributed by atoms with Crippen molar-refractivity contribution in [1.82, 2.24) is 9.29 Å². The minimum absolute atomic E-state index is 0.206. The molecule has 0 aliphatic heterocycles. The highest BCUT2D eigenvalue weighted by Gasteiger charge is 2.30. The normalized spacial score (nSPS) is 13.3. The second-order valence-electron chi connectivity index (χ2n) is 9.79. The van der Waals surface area contributed by atoms with Crippen molar-refractivity contribution in [1.29, 1.82) is 0 Å². The highest BCUT2D eigenvalue weighted by Crippen LogP contribution is 2.33. The van der Waals surface area contributed by atoms with Gasteiger partial charge in [0.15, 0.2) is 5.78 Å². The number of nitrogens with zero attached hydrogens (tertiary/aromatic N) is 1. The van der Waals surface area contributed by atoms with Gasteiger partial charge in [0.05, 0.1) is 6.04 Å². The Morgan fingerprint density at radius 1 is 1.08 bits per heavy atom. The first kappa shape index (κ1) is 31.3. The second kappa shape index (κ2) is 12.3. The van der Waals surface area contributed by atoms with Crippen LogP contribution in [0.5, 0.6) is 0 Å². The molecule has 0 saturated heterocycles. The summed E-state index contributed by atoms with van der Waals surface area (Å²) in [4.78, 5) is 25.9. The Balaban J connectivity index is 0.000000926. The van der Waals surface area contributed by atoms with E-state index in [0.717, 1.165) is 5.56 Å². The maximum atomic E-state index is 13.4. The number of carbonyl (C=O) groups is 1. The predicted molar refractivity (Wildman–Crippen MR) is 148 cm³/mol. The summed E-state index contributed by atoms with van der Waals surface area (Å²) in [5.74, 6) is -0.661. The Morgan fingerprint density at radius 2 is 1.63 bits per heavy atom. The molecule has 0 amide bonds. The zero-order valence-electron chi connectivity index (χ0n) is 22.1. The highest BCUT2D eigenvalue weighted by molar-refractivity contribution is 7.90. The molecule has 3 rings (SSSR count). The number of hydrogen-bond donors (Lipinski definition) is 3. The third-order valence-electron chi connectivity index (χ3n) is 5.38. The van der Waals surface area contributed by atoms with Gasteiger partial charge in [-0.2, -0.15) is 8.42 Å². The average Bonchev–Trinajstić information content (AvgIpc) is 2.78. The Bertz CT molecular complexity index is 1460. The number of rotatable bonds is 6. The molecule has 5 N–H and O–H groups in total. The van der Waals surface area contributed by atoms with Crippen LogP contribution in [-0.2, 0) is 28.6 Å². The van der Waals surface area contributed by atoms with Gasteiger partial charge in [-0.25, -0.2) is 14.7 Å². The van der Waals surface area contributed by atoms with Crippen LogP contribution in [0.25, 0.3) is 11.1 Å². The van der Waals surface area contributed by atoms with E-state index in [-0.39, 0.29) is 11.3 Å². The van der Waals surface area contributed by atoms with E-state index < -0.39 is 38.2 Å². The number of aryl methyl sites for hydroxylation is 2. The molecule has 0 radical (unpaired) electrons. The summed E-state index contributed by atoms with van der Waals surface area (Å²) in [6.45, 7) is 9.38. The fourth-order valence-electron chi connectivity index (χ4n) is 3.46. The van der Waals surface area contributed by atoms with Gasteiger partial charge in [-0.15, -0.1) is 4.72 Å². The molecule has 1 heterocycles. The molecule has 2 unspecified atom stereocenters. The lowest BCUT2D eigenvalue weighted by Gasteiger charge is -2.27. The van der Waals surface area contributed by atoms with Gasteiger partial charge in [0, 0.05) is 47.4 Å². The largest absolute Gasteiger partial charge is 0.598 e. The quantitative estimate of drug-likeness (QED) is 0.308. The molecule has 3 aromatic rings. The van der Waals surface area contributed by atoms with Gasteiger partial charge >= 0.3 is 0 Å². The molecule has 0 bridgehead atoms. The van der Waals surface area contributed by atoms with Crippen molar-refractivity contribution in [2.24, 2.45) is 17.3 Å². The smallest absolute Gasteiger partial charge is 0.271 e. The molecule has 0 aliphatic rings. The lowest BCUT2D eigenvalue weighted by atomic mass is 9.89. The fraction of sp³-hybridized carbons (Fsp3) is 0.308. The molecule has 2 atom stereocenters. The van der Waals surface area contributed by atoms with Crippen LogP contribution in [0.4, 0.5) is 4.39 Å². The number of benzene rings is 2. The van der Waals surface area contributed by atoms with Crippen molar-refractivity contribution in [2.45, 2.75) is 45.4 Å². The topological polar surface area (TPSA) is 160 Å². The summed E-state index contributed by atoms with van der Waals surface area (Å²) in [6.07, 6.45) is 1.70. The Hall–Kier alpha value is -2.87. The molecule has 2 aromatic carbocycles. The number of carbonyl (C=O) groups excluding carboxylic acids is 1. The van der Waals surface area contributed by atoms with Crippen molar-refractivity contribution < 1.29 is 22.2 Å². The SMILES string of the molecule is Cc1ccc(C(=O)c2ccc(F)cc2)c(-c2cn(C)c(=O)cc2C(C)N[S+]([O-])C(C)(C)C)c1.NS(N)(=O)=O. The van der Waals surface area contributed by atoms with Crippen LogP contribution >= 0.6 is 0 Å². The maximum absolute atomic E-state index is 13.4. The van der Waals surface area contributed by atoms with Gasteiger partial charge in [0.1, 0.15) is 10.6 Å². The lowest BCUT2D eigenvalue weighted by Crippen LogP contribution is -2.41. The first-order valence-corrected chi connectivity index (χ1v) is 14.2. The molecule has 0 fully saturated rings. The number of halogens is 1. The molecule has 1 aromatic heterocycles. The van der Waals surface area contributed by atoms with Crippen LogP contribution in [0.15, 0.2) is 59.5 Å². The molecular weight excluding hydrogens is 531 g/mol. The number of pyridine rings is 1. The molecule has 9 nitrogen and oxygen atoms in total. The lowest BCUT2D eigenvalue weighted by molar-refractivity contribution is 0.103. The van der Waals surface area contributed by atoms with Crippen LogP contribution in [0, 0.1) is 12.7 Å². The summed E-state index contributed by atoms with van der Waals surface area (Å²) in [6, 6.07) is 12.0. The van der Waals surface area contributed by atoms with Crippen LogP contribution in [0.3, 0.4) is 0 Å². The summed E-state index contributed by atoms with van der Waals surface area (Å²) < 4.78 is 48.5. The number of aromatic nitrogens is 1. The van der Waals surface area contributed by atoms with E-state index >= 15 is 0 Å². The van der Waals surface area contributed by atoms with Crippen molar-refractivity contribution in [3.8, 4) is 11.1 Å². The van der Waals surface area contributed by atoms with Crippen molar-refractivity contribution in [2.75, 3.05) is 0 Å². The van der Waals surface area contributed by atoms with Gasteiger partial charge in [-0.1, -0.05) is 23.8 Å². The van der Waals surface area contributed by atoms with E-state index in [9.17, 15) is 27.0 Å². The van der Waals surface area contributed by atoms with E-state index in [1.807, 2.05) is 46.8 Å². The third-order valence-corrected chi connectivity index (χ3v) is 7.06. The second-order valence-corrected chi connectivity index (χ2v) is 13.0. The maximum Gasteiger partial charge on any atom is 0.271 e. The monoisotopic (exact) mass is 564 g/mol. The molecule has 206 valence electrons. The number of ketones is 1. The summed E-state index contributed by atoms with van der Waals surface area (Å²) in [5, 5.41) is 8.21. The molecule has 38 heavy (non-hydrogen) atoms. The van der Waals surface area contributed by atoms with Crippen LogP contribution < -0.4 is 20.6 Å². The van der Waals surface area contributed by atoms with Gasteiger partial charge in [-0.3, -0.25) is 9.59 Å². The minimum atomic E-state index is -3.67. The van der Waals surface area contributed by atoms with Crippen molar-refractivity contribution in [3.63, 3.8) is 0 Å². The van der Waals surface area contributed by atoms with E-state index in [1.165, 1.54) is 34.9 Å². The molecular formula is C26H33FN4O5S2. The first-order valence-electron chi connectivity index (χ1n) is 11.5. The minimum Gasteiger partial charge on any atom is -0.598 e. The standard InChI is InChI=1S/C26H29FN2O3S.H4N2O2S/c1-16-7-12-20(25(31)18-8-10-19(27)11-9-18)22(13-16)23-15-29(6)24(30)14-21(23)17(2)28-33(32)26(3,4)5;1-5(2,3)4/h7-15,17,28H,1-6H3;(H4,1,2,3,4). The van der Waals surface area contributed by atoms with Gasteiger partial charge < -0.3 is 9.12 Å². The van der Waals surface area contributed by atoms with Gasteiger partial charge in [0.2, 0.25) is 0 Å². The number of hydrogen-bond acceptors (Lipinski definition) is 6. The summed E-state index contributed by atoms with van der Waals surface area (Å²) in [7, 11) is -2.02. The van der Waals surface area contributed by atoms with E-state index in [4.69, 9.17) is 0 Å². The fourth-order valence-corrected chi connectivity index (χ4v) is 4.27. The Labute approximate surface area is 225 Å². The first-order chi connectivity index (χ1) is 17.4. The zero-order valence-corrected chi connectivity index (χ0v) is 23.7. The molecule has 0 aliphatic carbocycles. The Kier molecular flexibility index (Phi) is 10.2.